The molecule has 0 spiro atoms. The van der Waals surface area contributed by atoms with Crippen molar-refractivity contribution in [1.29, 1.82) is 0 Å². The van der Waals surface area contributed by atoms with Gasteiger partial charge in [-0.05, 0) is 12.1 Å². The lowest BCUT2D eigenvalue weighted by Crippen LogP contribution is -2.28. The zero-order valence-corrected chi connectivity index (χ0v) is 15.3. The van der Waals surface area contributed by atoms with Gasteiger partial charge in [-0.1, -0.05) is 6.07 Å². The maximum atomic E-state index is 12.4. The number of carbonyl (C=O) groups excluding carboxylic acids is 1. The summed E-state index contributed by atoms with van der Waals surface area (Å²) in [6, 6.07) is 10.4. The Hall–Kier alpha value is -3.09. The first-order valence-electron chi connectivity index (χ1n) is 7.98. The molecule has 7 nitrogen and oxygen atoms in total. The summed E-state index contributed by atoms with van der Waals surface area (Å²) in [6.45, 7) is 0.582. The van der Waals surface area contributed by atoms with E-state index in [1.54, 1.807) is 50.6 Å². The standard InChI is InChI=1S/C19H23NO6/c1-22-13-10-14(23-2)12-15(11-13)26-9-8-20-19(21)18-16(24-3)6-5-7-17(18)25-4/h5-7,10-12H,8-9H2,1-4H3,(H,20,21). The van der Waals surface area contributed by atoms with Crippen LogP contribution in [0.2, 0.25) is 0 Å². The summed E-state index contributed by atoms with van der Waals surface area (Å²) in [5.74, 6) is 2.43. The number of hydrogen-bond acceptors (Lipinski definition) is 6. The Morgan fingerprint density at radius 3 is 1.88 bits per heavy atom. The van der Waals surface area contributed by atoms with Crippen LogP contribution in [0.5, 0.6) is 28.7 Å². The van der Waals surface area contributed by atoms with Crippen LogP contribution in [0.1, 0.15) is 10.4 Å². The third-order valence-electron chi connectivity index (χ3n) is 3.64. The van der Waals surface area contributed by atoms with Crippen molar-refractivity contribution in [3.05, 3.63) is 42.0 Å². The van der Waals surface area contributed by atoms with E-state index in [0.29, 0.717) is 40.9 Å². The molecule has 1 N–H and O–H groups in total. The van der Waals surface area contributed by atoms with E-state index in [4.69, 9.17) is 23.7 Å². The molecule has 0 aliphatic carbocycles. The highest BCUT2D eigenvalue weighted by molar-refractivity contribution is 5.99. The molecule has 2 aromatic rings. The lowest BCUT2D eigenvalue weighted by molar-refractivity contribution is 0.0940. The number of carbonyl (C=O) groups is 1. The Kier molecular flexibility index (Phi) is 6.96. The molecule has 0 saturated carbocycles. The molecule has 0 radical (unpaired) electrons. The zero-order chi connectivity index (χ0) is 18.9. The van der Waals surface area contributed by atoms with Crippen LogP contribution in [0.3, 0.4) is 0 Å². The van der Waals surface area contributed by atoms with Gasteiger partial charge in [0.2, 0.25) is 0 Å². The third kappa shape index (κ3) is 4.72. The van der Waals surface area contributed by atoms with Crippen molar-refractivity contribution >= 4 is 5.91 Å². The van der Waals surface area contributed by atoms with E-state index in [9.17, 15) is 4.79 Å². The fourth-order valence-corrected chi connectivity index (χ4v) is 2.36. The van der Waals surface area contributed by atoms with E-state index >= 15 is 0 Å². The van der Waals surface area contributed by atoms with Gasteiger partial charge in [-0.3, -0.25) is 4.79 Å². The van der Waals surface area contributed by atoms with Crippen LogP contribution in [-0.2, 0) is 0 Å². The molecule has 0 aromatic heterocycles. The first-order valence-corrected chi connectivity index (χ1v) is 7.98. The van der Waals surface area contributed by atoms with Crippen molar-refractivity contribution in [2.75, 3.05) is 41.6 Å². The maximum Gasteiger partial charge on any atom is 0.258 e. The molecular weight excluding hydrogens is 338 g/mol. The number of nitrogens with one attached hydrogen (secondary N) is 1. The zero-order valence-electron chi connectivity index (χ0n) is 15.3. The van der Waals surface area contributed by atoms with Gasteiger partial charge in [-0.25, -0.2) is 0 Å². The molecular formula is C19H23NO6. The topological polar surface area (TPSA) is 75.2 Å². The second-order valence-electron chi connectivity index (χ2n) is 5.19. The van der Waals surface area contributed by atoms with Crippen molar-refractivity contribution in [1.82, 2.24) is 5.32 Å². The van der Waals surface area contributed by atoms with Gasteiger partial charge in [0.05, 0.1) is 35.0 Å². The third-order valence-corrected chi connectivity index (χ3v) is 3.64. The smallest absolute Gasteiger partial charge is 0.258 e. The van der Waals surface area contributed by atoms with Crippen LogP contribution in [-0.4, -0.2) is 47.5 Å². The molecule has 1 amide bonds. The van der Waals surface area contributed by atoms with Gasteiger partial charge in [0, 0.05) is 18.2 Å². The molecule has 0 aliphatic heterocycles. The fourth-order valence-electron chi connectivity index (χ4n) is 2.36. The van der Waals surface area contributed by atoms with Crippen LogP contribution in [0.15, 0.2) is 36.4 Å². The molecule has 0 aliphatic rings. The number of rotatable bonds is 9. The summed E-state index contributed by atoms with van der Waals surface area (Å²) < 4.78 is 26.5. The van der Waals surface area contributed by atoms with E-state index in [0.717, 1.165) is 0 Å². The number of amides is 1. The van der Waals surface area contributed by atoms with Crippen molar-refractivity contribution < 1.29 is 28.5 Å². The van der Waals surface area contributed by atoms with E-state index in [1.165, 1.54) is 14.2 Å². The number of ether oxygens (including phenoxy) is 5. The first kappa shape index (κ1) is 19.2. The van der Waals surface area contributed by atoms with Crippen LogP contribution >= 0.6 is 0 Å². The predicted molar refractivity (Wildman–Crippen MR) is 96.9 cm³/mol. The van der Waals surface area contributed by atoms with Crippen LogP contribution in [0.25, 0.3) is 0 Å². The number of benzene rings is 2. The van der Waals surface area contributed by atoms with Crippen LogP contribution in [0.4, 0.5) is 0 Å². The SMILES string of the molecule is COc1cc(OC)cc(OCCNC(=O)c2c(OC)cccc2OC)c1. The van der Waals surface area contributed by atoms with Gasteiger partial charge in [0.25, 0.3) is 5.91 Å². The minimum Gasteiger partial charge on any atom is -0.496 e. The molecule has 0 bridgehead atoms. The highest BCUT2D eigenvalue weighted by Gasteiger charge is 2.17. The average molecular weight is 361 g/mol. The molecule has 7 heteroatoms. The van der Waals surface area contributed by atoms with Crippen LogP contribution in [0, 0.1) is 0 Å². The van der Waals surface area contributed by atoms with E-state index < -0.39 is 0 Å². The van der Waals surface area contributed by atoms with E-state index in [-0.39, 0.29) is 12.5 Å². The predicted octanol–water partition coefficient (Wildman–Crippen LogP) is 2.53. The highest BCUT2D eigenvalue weighted by atomic mass is 16.5. The average Bonchev–Trinajstić information content (AvgIpc) is 2.69. The highest BCUT2D eigenvalue weighted by Crippen LogP contribution is 2.28. The van der Waals surface area contributed by atoms with Crippen molar-refractivity contribution in [3.63, 3.8) is 0 Å². The Balaban J connectivity index is 1.96. The molecule has 140 valence electrons. The minimum atomic E-state index is -0.300. The fraction of sp³-hybridized carbons (Fsp3) is 0.316. The molecule has 2 aromatic carbocycles. The second-order valence-corrected chi connectivity index (χ2v) is 5.19. The summed E-state index contributed by atoms with van der Waals surface area (Å²) in [4.78, 5) is 12.4. The molecule has 0 unspecified atom stereocenters. The van der Waals surface area contributed by atoms with Crippen molar-refractivity contribution in [2.24, 2.45) is 0 Å². The Morgan fingerprint density at radius 1 is 0.846 bits per heavy atom. The Labute approximate surface area is 152 Å². The summed E-state index contributed by atoms with van der Waals surface area (Å²) in [5.41, 5.74) is 0.348. The lowest BCUT2D eigenvalue weighted by atomic mass is 10.1. The monoisotopic (exact) mass is 361 g/mol. The van der Waals surface area contributed by atoms with Gasteiger partial charge in [-0.2, -0.15) is 0 Å². The van der Waals surface area contributed by atoms with Gasteiger partial charge >= 0.3 is 0 Å². The molecule has 0 saturated heterocycles. The Morgan fingerprint density at radius 2 is 1.38 bits per heavy atom. The molecule has 26 heavy (non-hydrogen) atoms. The van der Waals surface area contributed by atoms with E-state index in [2.05, 4.69) is 5.32 Å². The van der Waals surface area contributed by atoms with Crippen molar-refractivity contribution in [2.45, 2.75) is 0 Å². The molecule has 0 heterocycles. The quantitative estimate of drug-likeness (QED) is 0.692. The first-order chi connectivity index (χ1) is 12.6. The van der Waals surface area contributed by atoms with Crippen LogP contribution < -0.4 is 29.0 Å². The maximum absolute atomic E-state index is 12.4. The van der Waals surface area contributed by atoms with Gasteiger partial charge in [0.15, 0.2) is 0 Å². The summed E-state index contributed by atoms with van der Waals surface area (Å²) >= 11 is 0. The van der Waals surface area contributed by atoms with E-state index in [1.807, 2.05) is 0 Å². The lowest BCUT2D eigenvalue weighted by Gasteiger charge is -2.14. The summed E-state index contributed by atoms with van der Waals surface area (Å²) in [6.07, 6.45) is 0. The number of methoxy groups -OCH3 is 4. The normalized spacial score (nSPS) is 10.0. The van der Waals surface area contributed by atoms with Gasteiger partial charge in [-0.15, -0.1) is 0 Å². The molecule has 0 fully saturated rings. The summed E-state index contributed by atoms with van der Waals surface area (Å²) in [5, 5.41) is 2.79. The largest absolute Gasteiger partial charge is 0.496 e. The number of hydrogen-bond donors (Lipinski definition) is 1. The molecule has 2 rings (SSSR count). The van der Waals surface area contributed by atoms with Gasteiger partial charge in [0.1, 0.15) is 40.9 Å². The van der Waals surface area contributed by atoms with Crippen molar-refractivity contribution in [3.8, 4) is 28.7 Å². The second kappa shape index (κ2) is 9.41. The minimum absolute atomic E-state index is 0.277. The molecule has 0 atom stereocenters. The van der Waals surface area contributed by atoms with Gasteiger partial charge < -0.3 is 29.0 Å². The Bertz CT molecular complexity index is 702. The summed E-state index contributed by atoms with van der Waals surface area (Å²) in [7, 11) is 6.15.